The predicted octanol–water partition coefficient (Wildman–Crippen LogP) is 1.99. The fraction of sp³-hybridized carbons (Fsp3) is 0.500. The predicted molar refractivity (Wildman–Crippen MR) is 77.2 cm³/mol. The van der Waals surface area contributed by atoms with Crippen LogP contribution in [0.15, 0.2) is 27.6 Å². The Morgan fingerprint density at radius 1 is 1.39 bits per heavy atom. The van der Waals surface area contributed by atoms with Gasteiger partial charge in [0.1, 0.15) is 0 Å². The molecule has 0 fully saturated rings. The van der Waals surface area contributed by atoms with Gasteiger partial charge in [-0.1, -0.05) is 6.07 Å². The molecule has 18 heavy (non-hydrogen) atoms. The summed E-state index contributed by atoms with van der Waals surface area (Å²) in [5.41, 5.74) is 1.02. The molecule has 1 unspecified atom stereocenters. The molecule has 1 atom stereocenters. The van der Waals surface area contributed by atoms with Gasteiger partial charge in [-0.15, -0.1) is 0 Å². The van der Waals surface area contributed by atoms with E-state index in [1.54, 1.807) is 18.2 Å². The van der Waals surface area contributed by atoms with Crippen molar-refractivity contribution in [3.63, 3.8) is 0 Å². The summed E-state index contributed by atoms with van der Waals surface area (Å²) in [6.45, 7) is 4.42. The Bertz CT molecular complexity index is 515. The van der Waals surface area contributed by atoms with Crippen LogP contribution in [0, 0.1) is 6.92 Å². The van der Waals surface area contributed by atoms with Gasteiger partial charge in [0.2, 0.25) is 10.0 Å². The van der Waals surface area contributed by atoms with Gasteiger partial charge < -0.3 is 4.90 Å². The van der Waals surface area contributed by atoms with Crippen molar-refractivity contribution in [2.45, 2.75) is 24.8 Å². The number of nitrogens with zero attached hydrogens (tertiary/aromatic N) is 1. The van der Waals surface area contributed by atoms with Gasteiger partial charge in [0.25, 0.3) is 0 Å². The van der Waals surface area contributed by atoms with E-state index >= 15 is 0 Å². The third kappa shape index (κ3) is 4.35. The lowest BCUT2D eigenvalue weighted by Gasteiger charge is -2.18. The highest BCUT2D eigenvalue weighted by Crippen LogP contribution is 2.23. The van der Waals surface area contributed by atoms with Crippen molar-refractivity contribution in [3.05, 3.63) is 28.2 Å². The maximum atomic E-state index is 12.2. The van der Waals surface area contributed by atoms with Gasteiger partial charge in [-0.05, 0) is 61.6 Å². The summed E-state index contributed by atoms with van der Waals surface area (Å²) in [7, 11) is 0.343. The summed E-state index contributed by atoms with van der Waals surface area (Å²) >= 11 is 3.29. The zero-order valence-corrected chi connectivity index (χ0v) is 13.5. The summed E-state index contributed by atoms with van der Waals surface area (Å²) < 4.78 is 27.6. The van der Waals surface area contributed by atoms with Crippen molar-refractivity contribution in [2.75, 3.05) is 20.6 Å². The van der Waals surface area contributed by atoms with Crippen molar-refractivity contribution in [1.82, 2.24) is 9.62 Å². The molecule has 102 valence electrons. The van der Waals surface area contributed by atoms with E-state index in [0.29, 0.717) is 11.0 Å². The summed E-state index contributed by atoms with van der Waals surface area (Å²) in [5.74, 6) is 0. The third-order valence-electron chi connectivity index (χ3n) is 2.37. The highest BCUT2D eigenvalue weighted by Gasteiger charge is 2.20. The van der Waals surface area contributed by atoms with E-state index in [1.165, 1.54) is 0 Å². The van der Waals surface area contributed by atoms with Crippen LogP contribution in [0.2, 0.25) is 0 Å². The SMILES string of the molecule is Cc1ccc(S(=O)(=O)NC(C)CN(C)C)c(Br)c1. The molecule has 1 aromatic rings. The monoisotopic (exact) mass is 334 g/mol. The van der Waals surface area contributed by atoms with Gasteiger partial charge in [0.15, 0.2) is 0 Å². The minimum Gasteiger partial charge on any atom is -0.308 e. The zero-order valence-electron chi connectivity index (χ0n) is 11.1. The lowest BCUT2D eigenvalue weighted by Crippen LogP contribution is -2.39. The maximum absolute atomic E-state index is 12.2. The van der Waals surface area contributed by atoms with Gasteiger partial charge in [0, 0.05) is 17.1 Å². The van der Waals surface area contributed by atoms with Crippen LogP contribution in [0.5, 0.6) is 0 Å². The first-order valence-corrected chi connectivity index (χ1v) is 7.93. The average molecular weight is 335 g/mol. The Morgan fingerprint density at radius 2 is 2.00 bits per heavy atom. The molecule has 1 aromatic carbocycles. The fourth-order valence-corrected chi connectivity index (χ4v) is 4.16. The molecular weight excluding hydrogens is 316 g/mol. The van der Waals surface area contributed by atoms with Gasteiger partial charge in [-0.25, -0.2) is 13.1 Å². The minimum absolute atomic E-state index is 0.141. The smallest absolute Gasteiger partial charge is 0.241 e. The highest BCUT2D eigenvalue weighted by molar-refractivity contribution is 9.10. The molecule has 1 N–H and O–H groups in total. The van der Waals surface area contributed by atoms with E-state index < -0.39 is 10.0 Å². The number of sulfonamides is 1. The number of nitrogens with one attached hydrogen (secondary N) is 1. The molecule has 1 rings (SSSR count). The first-order chi connectivity index (χ1) is 8.22. The standard InChI is InChI=1S/C12H19BrN2O2S/c1-9-5-6-12(11(13)7-9)18(16,17)14-10(2)8-15(3)4/h5-7,10,14H,8H2,1-4H3. The highest BCUT2D eigenvalue weighted by atomic mass is 79.9. The Hall–Kier alpha value is -0.430. The molecule has 0 saturated carbocycles. The second-order valence-electron chi connectivity index (χ2n) is 4.72. The summed E-state index contributed by atoms with van der Waals surface area (Å²) in [4.78, 5) is 2.22. The average Bonchev–Trinajstić information content (AvgIpc) is 2.13. The van der Waals surface area contributed by atoms with E-state index in [2.05, 4.69) is 20.7 Å². The summed E-state index contributed by atoms with van der Waals surface area (Å²) in [6, 6.07) is 5.06. The molecule has 4 nitrogen and oxygen atoms in total. The molecule has 0 saturated heterocycles. The molecular formula is C12H19BrN2O2S. The quantitative estimate of drug-likeness (QED) is 0.895. The molecule has 0 aliphatic heterocycles. The normalized spacial score (nSPS) is 13.9. The van der Waals surface area contributed by atoms with Crippen LogP contribution in [0.4, 0.5) is 0 Å². The molecule has 0 aliphatic rings. The van der Waals surface area contributed by atoms with Crippen molar-refractivity contribution in [1.29, 1.82) is 0 Å². The fourth-order valence-electron chi connectivity index (χ4n) is 1.74. The second-order valence-corrected chi connectivity index (χ2v) is 7.26. The Labute approximate surface area is 118 Å². The van der Waals surface area contributed by atoms with Gasteiger partial charge in [-0.2, -0.15) is 0 Å². The first kappa shape index (κ1) is 15.6. The number of hydrogen-bond acceptors (Lipinski definition) is 3. The molecule has 0 heterocycles. The van der Waals surface area contributed by atoms with Gasteiger partial charge in [0.05, 0.1) is 4.90 Å². The lowest BCUT2D eigenvalue weighted by atomic mass is 10.2. The van der Waals surface area contributed by atoms with Crippen molar-refractivity contribution >= 4 is 26.0 Å². The molecule has 0 spiro atoms. The van der Waals surface area contributed by atoms with Crippen LogP contribution in [-0.2, 0) is 10.0 Å². The number of hydrogen-bond donors (Lipinski definition) is 1. The maximum Gasteiger partial charge on any atom is 0.241 e. The number of aryl methyl sites for hydroxylation is 1. The van der Waals surface area contributed by atoms with E-state index in [-0.39, 0.29) is 10.9 Å². The Morgan fingerprint density at radius 3 is 2.50 bits per heavy atom. The van der Waals surface area contributed by atoms with Crippen LogP contribution >= 0.6 is 15.9 Å². The molecule has 0 bridgehead atoms. The van der Waals surface area contributed by atoms with E-state index in [9.17, 15) is 8.42 Å². The summed E-state index contributed by atoms with van der Waals surface area (Å²) in [6.07, 6.45) is 0. The molecule has 0 aromatic heterocycles. The lowest BCUT2D eigenvalue weighted by molar-refractivity contribution is 0.370. The largest absolute Gasteiger partial charge is 0.308 e. The van der Waals surface area contributed by atoms with Crippen LogP contribution in [0.1, 0.15) is 12.5 Å². The topological polar surface area (TPSA) is 49.4 Å². The van der Waals surface area contributed by atoms with Gasteiger partial charge in [-0.3, -0.25) is 0 Å². The molecule has 0 radical (unpaired) electrons. The summed E-state index contributed by atoms with van der Waals surface area (Å²) in [5, 5.41) is 0. The van der Waals surface area contributed by atoms with Crippen molar-refractivity contribution in [3.8, 4) is 0 Å². The van der Waals surface area contributed by atoms with Crippen molar-refractivity contribution < 1.29 is 8.42 Å². The van der Waals surface area contributed by atoms with Gasteiger partial charge >= 0.3 is 0 Å². The molecule has 6 heteroatoms. The van der Waals surface area contributed by atoms with Crippen LogP contribution in [0.25, 0.3) is 0 Å². The molecule has 0 aliphatic carbocycles. The van der Waals surface area contributed by atoms with E-state index in [1.807, 2.05) is 32.8 Å². The Balaban J connectivity index is 2.93. The molecule has 0 amide bonds. The van der Waals surface area contributed by atoms with Crippen molar-refractivity contribution in [2.24, 2.45) is 0 Å². The second kappa shape index (κ2) is 6.14. The minimum atomic E-state index is -3.48. The number of rotatable bonds is 5. The zero-order chi connectivity index (χ0) is 13.9. The van der Waals surface area contributed by atoms with Crippen LogP contribution in [0.3, 0.4) is 0 Å². The number of benzene rings is 1. The van der Waals surface area contributed by atoms with Crippen LogP contribution in [-0.4, -0.2) is 40.0 Å². The van der Waals surface area contributed by atoms with E-state index in [4.69, 9.17) is 0 Å². The first-order valence-electron chi connectivity index (χ1n) is 5.65. The van der Waals surface area contributed by atoms with Crippen LogP contribution < -0.4 is 4.72 Å². The number of likely N-dealkylation sites (N-methyl/N-ethyl adjacent to an activating group) is 1. The Kier molecular flexibility index (Phi) is 5.33. The van der Waals surface area contributed by atoms with E-state index in [0.717, 1.165) is 5.56 Å². The number of halogens is 1. The third-order valence-corrected chi connectivity index (χ3v) is 4.94.